The van der Waals surface area contributed by atoms with Gasteiger partial charge < -0.3 is 54.2 Å². The maximum atomic E-state index is 15.1. The van der Waals surface area contributed by atoms with E-state index in [0.717, 1.165) is 0 Å². The van der Waals surface area contributed by atoms with Crippen LogP contribution in [0.1, 0.15) is 96.1 Å². The molecule has 0 spiro atoms. The van der Waals surface area contributed by atoms with Gasteiger partial charge in [-0.1, -0.05) is 48.5 Å². The Morgan fingerprint density at radius 2 is 1.57 bits per heavy atom. The van der Waals surface area contributed by atoms with Crippen LogP contribution in [-0.2, 0) is 42.8 Å². The fraction of sp³-hybridized carbons (Fsp3) is 0.604. The molecule has 356 valence electrons. The molecule has 2 aliphatic heterocycles. The Kier molecular flexibility index (Phi) is 15.3. The van der Waals surface area contributed by atoms with Gasteiger partial charge >= 0.3 is 24.0 Å². The summed E-state index contributed by atoms with van der Waals surface area (Å²) < 4.78 is 35.2. The highest BCUT2D eigenvalue weighted by Crippen LogP contribution is 2.56. The minimum absolute atomic E-state index is 0.0236. The van der Waals surface area contributed by atoms with Crippen LogP contribution in [-0.4, -0.2) is 148 Å². The first-order chi connectivity index (χ1) is 30.5. The Labute approximate surface area is 379 Å². The zero-order valence-corrected chi connectivity index (χ0v) is 38.2. The average molecular weight is 909 g/mol. The van der Waals surface area contributed by atoms with Crippen molar-refractivity contribution in [3.63, 3.8) is 0 Å². The number of fused-ring (bicyclic) bond motifs is 3. The van der Waals surface area contributed by atoms with E-state index in [2.05, 4.69) is 10.2 Å². The summed E-state index contributed by atoms with van der Waals surface area (Å²) in [4.78, 5) is 73.4. The number of morpholine rings is 1. The largest absolute Gasteiger partial charge is 0.458 e. The van der Waals surface area contributed by atoms with Crippen molar-refractivity contribution in [1.29, 1.82) is 0 Å². The van der Waals surface area contributed by atoms with Gasteiger partial charge in [-0.2, -0.15) is 0 Å². The van der Waals surface area contributed by atoms with Crippen LogP contribution in [0.2, 0.25) is 0 Å². The van der Waals surface area contributed by atoms with Crippen molar-refractivity contribution in [2.75, 3.05) is 39.5 Å². The second kappa shape index (κ2) is 20.0. The van der Waals surface area contributed by atoms with Crippen LogP contribution in [0.15, 0.2) is 71.8 Å². The normalized spacial score (nSPS) is 30.7. The maximum Gasteiger partial charge on any atom is 0.408 e. The number of nitrogens with one attached hydrogen (secondary N) is 1. The molecule has 2 aromatic carbocycles. The summed E-state index contributed by atoms with van der Waals surface area (Å²) in [6.45, 7) is 13.1. The summed E-state index contributed by atoms with van der Waals surface area (Å²) in [6.07, 6.45) is -11.1. The van der Waals surface area contributed by atoms with Crippen LogP contribution < -0.4 is 5.32 Å². The van der Waals surface area contributed by atoms with Crippen molar-refractivity contribution < 1.29 is 72.8 Å². The molecule has 1 unspecified atom stereocenters. The van der Waals surface area contributed by atoms with Gasteiger partial charge in [-0.3, -0.25) is 14.5 Å². The summed E-state index contributed by atoms with van der Waals surface area (Å²) in [6, 6.07) is 14.8. The van der Waals surface area contributed by atoms with Crippen molar-refractivity contribution in [3.8, 4) is 0 Å². The number of ketones is 1. The quantitative estimate of drug-likeness (QED) is 0.110. The number of aliphatic hydroxyl groups is 4. The highest BCUT2D eigenvalue weighted by atomic mass is 16.6. The minimum Gasteiger partial charge on any atom is -0.458 e. The number of esters is 3. The van der Waals surface area contributed by atoms with Gasteiger partial charge in [-0.05, 0) is 90.3 Å². The molecule has 65 heavy (non-hydrogen) atoms. The van der Waals surface area contributed by atoms with Gasteiger partial charge in [0, 0.05) is 38.3 Å². The van der Waals surface area contributed by atoms with Crippen molar-refractivity contribution in [2.24, 2.45) is 11.3 Å². The number of carbonyl (C=O) groups excluding carboxylic acids is 5. The molecule has 17 nitrogen and oxygen atoms in total. The lowest BCUT2D eigenvalue weighted by Gasteiger charge is -2.62. The third-order valence-electron chi connectivity index (χ3n) is 12.9. The Bertz CT molecular complexity index is 2060. The summed E-state index contributed by atoms with van der Waals surface area (Å²) >= 11 is 0. The Morgan fingerprint density at radius 3 is 2.15 bits per heavy atom. The van der Waals surface area contributed by atoms with Gasteiger partial charge in [0.25, 0.3) is 0 Å². The Balaban J connectivity index is 1.45. The molecule has 2 aromatic rings. The number of carbonyl (C=O) groups is 5. The Hall–Kier alpha value is -4.75. The molecular formula is C48H64N2O15. The van der Waals surface area contributed by atoms with E-state index in [1.165, 1.54) is 39.8 Å². The van der Waals surface area contributed by atoms with Gasteiger partial charge in [0.2, 0.25) is 6.10 Å². The van der Waals surface area contributed by atoms with E-state index < -0.39 is 107 Å². The molecule has 1 saturated carbocycles. The number of benzene rings is 2. The lowest BCUT2D eigenvalue weighted by atomic mass is 9.52. The lowest BCUT2D eigenvalue weighted by Crippen LogP contribution is -2.76. The molecule has 10 atom stereocenters. The molecule has 2 aliphatic carbocycles. The molecule has 0 radical (unpaired) electrons. The zero-order chi connectivity index (χ0) is 47.5. The molecule has 1 amide bonds. The molecule has 5 N–H and O–H groups in total. The molecule has 6 rings (SSSR count). The predicted octanol–water partition coefficient (Wildman–Crippen LogP) is 3.35. The van der Waals surface area contributed by atoms with Crippen molar-refractivity contribution in [3.05, 3.63) is 82.9 Å². The van der Waals surface area contributed by atoms with E-state index >= 15 is 4.79 Å². The first-order valence-corrected chi connectivity index (χ1v) is 22.2. The first-order valence-electron chi connectivity index (χ1n) is 22.2. The monoisotopic (exact) mass is 908 g/mol. The van der Waals surface area contributed by atoms with Crippen LogP contribution in [0.5, 0.6) is 0 Å². The number of rotatable bonds is 13. The second-order valence-electron chi connectivity index (χ2n) is 19.2. The van der Waals surface area contributed by atoms with Crippen LogP contribution in [0, 0.1) is 11.3 Å². The molecule has 3 fully saturated rings. The molecule has 17 heteroatoms. The molecule has 2 saturated heterocycles. The van der Waals surface area contributed by atoms with Gasteiger partial charge in [0.1, 0.15) is 35.6 Å². The van der Waals surface area contributed by atoms with E-state index in [9.17, 15) is 39.6 Å². The number of aliphatic hydroxyl groups excluding tert-OH is 2. The van der Waals surface area contributed by atoms with Gasteiger partial charge in [0.15, 0.2) is 5.78 Å². The fourth-order valence-electron chi connectivity index (χ4n) is 9.68. The molecule has 0 bridgehead atoms. The standard InChI is InChI=1S/C48H64N2O15/c1-28-31(62-43(56)39(64-35(52)19-14-20-50-21-23-60-24-22-50)37(29-15-10-8-11-16-29)49-44(57)65-45(2,3)4)25-32(63-42(55)30-17-12-9-13-18-30)40-47(7,33(51)26-34-48(40,59)27-61-34)41(54)38(53)36(28)46(5,6)58/h8-13,15-18,31-34,37-40,51,53,58-59H,14,19-27H2,1-7H3,(H,49,57)/b36-28-/t31-,32+,33-,34+,37-,38+,39+,40?,47+,48-/m0/s1. The van der Waals surface area contributed by atoms with Gasteiger partial charge in [-0.25, -0.2) is 14.4 Å². The lowest BCUT2D eigenvalue weighted by molar-refractivity contribution is -0.326. The number of Topliss-reactive ketones (excluding diaryl/α,β-unsaturated/α-hetero) is 1. The maximum absolute atomic E-state index is 15.1. The Morgan fingerprint density at radius 1 is 0.938 bits per heavy atom. The third kappa shape index (κ3) is 11.1. The zero-order valence-electron chi connectivity index (χ0n) is 38.2. The van der Waals surface area contributed by atoms with E-state index in [0.29, 0.717) is 44.8 Å². The van der Waals surface area contributed by atoms with Crippen LogP contribution >= 0.6 is 0 Å². The molecule has 2 heterocycles. The first kappa shape index (κ1) is 49.7. The van der Waals surface area contributed by atoms with E-state index in [-0.39, 0.29) is 36.2 Å². The van der Waals surface area contributed by atoms with Crippen LogP contribution in [0.4, 0.5) is 4.79 Å². The number of alkyl carbamates (subject to hydrolysis) is 1. The summed E-state index contributed by atoms with van der Waals surface area (Å²) in [7, 11) is 0. The highest BCUT2D eigenvalue weighted by molar-refractivity contribution is 5.93. The van der Waals surface area contributed by atoms with E-state index in [4.69, 9.17) is 28.4 Å². The summed E-state index contributed by atoms with van der Waals surface area (Å²) in [5, 5.41) is 50.7. The number of nitrogens with zero attached hydrogens (tertiary/aromatic N) is 1. The van der Waals surface area contributed by atoms with Crippen molar-refractivity contribution in [2.45, 2.75) is 134 Å². The van der Waals surface area contributed by atoms with Crippen LogP contribution in [0.3, 0.4) is 0 Å². The highest BCUT2D eigenvalue weighted by Gasteiger charge is 2.71. The number of hydrogen-bond acceptors (Lipinski definition) is 16. The number of hydrogen-bond donors (Lipinski definition) is 5. The third-order valence-corrected chi connectivity index (χ3v) is 12.9. The van der Waals surface area contributed by atoms with Gasteiger partial charge in [-0.15, -0.1) is 0 Å². The smallest absolute Gasteiger partial charge is 0.408 e. The van der Waals surface area contributed by atoms with Gasteiger partial charge in [0.05, 0.1) is 48.6 Å². The molecular weight excluding hydrogens is 845 g/mol. The minimum atomic E-state index is -2.13. The van der Waals surface area contributed by atoms with E-state index in [1.807, 2.05) is 0 Å². The predicted molar refractivity (Wildman–Crippen MR) is 232 cm³/mol. The average Bonchev–Trinajstić information content (AvgIpc) is 3.26. The van der Waals surface area contributed by atoms with Crippen molar-refractivity contribution >= 4 is 29.8 Å². The second-order valence-corrected chi connectivity index (χ2v) is 19.2. The summed E-state index contributed by atoms with van der Waals surface area (Å²) in [5.74, 6) is -5.29. The van der Waals surface area contributed by atoms with Crippen LogP contribution in [0.25, 0.3) is 0 Å². The van der Waals surface area contributed by atoms with Crippen molar-refractivity contribution in [1.82, 2.24) is 10.2 Å². The number of ether oxygens (including phenoxy) is 6. The fourth-order valence-corrected chi connectivity index (χ4v) is 9.68. The SMILES string of the molecule is C/C1=C(/C(C)(C)O)[C@@H](O)C(=O)[C@@]2(C)C([C@H](OC(=O)c3ccccc3)C[C@@H]1OC(=O)[C@H](OC(=O)CCCN1CCOCC1)[C@@H](NC(=O)OC(C)(C)C)c1ccccc1)[C@]1(O)CO[C@@H]1C[C@@H]2O. The van der Waals surface area contributed by atoms with E-state index in [1.54, 1.807) is 69.3 Å². The topological polar surface area (TPSA) is 237 Å². The summed E-state index contributed by atoms with van der Waals surface area (Å²) in [5.41, 5.74) is -6.70. The number of amides is 1. The molecule has 4 aliphatic rings. The molecule has 0 aromatic heterocycles.